The first-order valence-corrected chi connectivity index (χ1v) is 7.91. The van der Waals surface area contributed by atoms with Gasteiger partial charge in [-0.1, -0.05) is 12.1 Å². The molecular weight excluding hydrogens is 390 g/mol. The van der Waals surface area contributed by atoms with Gasteiger partial charge in [0.2, 0.25) is 18.0 Å². The Morgan fingerprint density at radius 3 is 2.07 bits per heavy atom. The van der Waals surface area contributed by atoms with Crippen LogP contribution in [0.2, 0.25) is 0 Å². The van der Waals surface area contributed by atoms with Crippen molar-refractivity contribution in [1.29, 1.82) is 0 Å². The van der Waals surface area contributed by atoms with Crippen LogP contribution in [0.25, 0.3) is 0 Å². The van der Waals surface area contributed by atoms with Gasteiger partial charge in [-0.05, 0) is 0 Å². The Morgan fingerprint density at radius 1 is 0.966 bits per heavy atom. The third-order valence-corrected chi connectivity index (χ3v) is 3.90. The molecule has 1 unspecified atom stereocenters. The molecule has 29 heavy (non-hydrogen) atoms. The van der Waals surface area contributed by atoms with E-state index in [9.17, 15) is 35.1 Å². The second kappa shape index (κ2) is 7.30. The zero-order valence-electron chi connectivity index (χ0n) is 14.6. The van der Waals surface area contributed by atoms with Crippen LogP contribution in [0.4, 0.5) is 17.1 Å². The molecule has 1 aliphatic rings. The number of hydrogen-bond acceptors (Lipinski definition) is 9. The summed E-state index contributed by atoms with van der Waals surface area (Å²) < 4.78 is 5.60. The van der Waals surface area contributed by atoms with Crippen LogP contribution in [0.5, 0.6) is 0 Å². The molecule has 0 bridgehead atoms. The van der Waals surface area contributed by atoms with Crippen LogP contribution in [-0.4, -0.2) is 31.6 Å². The molecule has 0 aliphatic carbocycles. The Kier molecular flexibility index (Phi) is 4.87. The van der Waals surface area contributed by atoms with E-state index in [1.165, 1.54) is 31.2 Å². The summed E-state index contributed by atoms with van der Waals surface area (Å²) in [4.78, 5) is 42.9. The lowest BCUT2D eigenvalue weighted by Crippen LogP contribution is -2.25. The lowest BCUT2D eigenvalue weighted by atomic mass is 10.1. The highest BCUT2D eigenvalue weighted by atomic mass is 16.6. The number of carbonyl (C=O) groups is 1. The van der Waals surface area contributed by atoms with Crippen LogP contribution in [0.15, 0.2) is 47.6 Å². The van der Waals surface area contributed by atoms with Crippen molar-refractivity contribution < 1.29 is 24.3 Å². The Hall–Kier alpha value is -4.42. The Bertz CT molecular complexity index is 1050. The molecule has 13 nitrogen and oxygen atoms in total. The maximum absolute atomic E-state index is 12.0. The highest BCUT2D eigenvalue weighted by Gasteiger charge is 2.35. The second-order valence-electron chi connectivity index (χ2n) is 5.84. The van der Waals surface area contributed by atoms with E-state index in [1.807, 2.05) is 0 Å². The molecule has 0 spiro atoms. The first-order chi connectivity index (χ1) is 13.7. The molecule has 0 saturated heterocycles. The summed E-state index contributed by atoms with van der Waals surface area (Å²) in [5, 5.41) is 38.0. The van der Waals surface area contributed by atoms with Crippen molar-refractivity contribution in [2.45, 2.75) is 13.2 Å². The minimum absolute atomic E-state index is 0.0925. The molecule has 2 aromatic carbocycles. The number of nitrogens with zero attached hydrogens (tertiary/aromatic N) is 5. The highest BCUT2D eigenvalue weighted by molar-refractivity contribution is 5.97. The average Bonchev–Trinajstić information content (AvgIpc) is 3.13. The number of non-ortho nitro benzene ring substituents is 3. The van der Waals surface area contributed by atoms with Gasteiger partial charge in [-0.15, -0.1) is 5.10 Å². The number of hydrazone groups is 1. The molecule has 0 fully saturated rings. The van der Waals surface area contributed by atoms with Gasteiger partial charge in [-0.3, -0.25) is 35.1 Å². The van der Waals surface area contributed by atoms with E-state index in [2.05, 4.69) is 5.10 Å². The van der Waals surface area contributed by atoms with Gasteiger partial charge < -0.3 is 4.74 Å². The third kappa shape index (κ3) is 3.83. The number of hydrogen-bond donors (Lipinski definition) is 0. The maximum atomic E-state index is 12.0. The SMILES string of the molecule is CC(=O)N1N=C(c2cc([N+](=O)[O-])cc([N+](=O)[O-])c2)OC1c1cccc([N+](=O)[O-])c1. The smallest absolute Gasteiger partial charge is 0.277 e. The van der Waals surface area contributed by atoms with E-state index in [-0.39, 0.29) is 22.7 Å². The van der Waals surface area contributed by atoms with Crippen molar-refractivity contribution in [1.82, 2.24) is 5.01 Å². The van der Waals surface area contributed by atoms with Crippen molar-refractivity contribution in [2.24, 2.45) is 5.10 Å². The van der Waals surface area contributed by atoms with Gasteiger partial charge in [0.05, 0.1) is 26.4 Å². The van der Waals surface area contributed by atoms with Crippen LogP contribution in [0.1, 0.15) is 24.3 Å². The Labute approximate surface area is 161 Å². The monoisotopic (exact) mass is 401 g/mol. The van der Waals surface area contributed by atoms with Gasteiger partial charge in [-0.25, -0.2) is 0 Å². The summed E-state index contributed by atoms with van der Waals surface area (Å²) in [5.41, 5.74) is -1.23. The highest BCUT2D eigenvalue weighted by Crippen LogP contribution is 2.33. The number of rotatable bonds is 5. The van der Waals surface area contributed by atoms with E-state index in [1.54, 1.807) is 0 Å². The normalized spacial score (nSPS) is 15.4. The number of carbonyl (C=O) groups excluding carboxylic acids is 1. The van der Waals surface area contributed by atoms with Gasteiger partial charge in [0.25, 0.3) is 17.1 Å². The molecule has 1 atom stereocenters. The fourth-order valence-electron chi connectivity index (χ4n) is 2.62. The van der Waals surface area contributed by atoms with E-state index in [4.69, 9.17) is 4.74 Å². The van der Waals surface area contributed by atoms with Crippen LogP contribution < -0.4 is 0 Å². The number of amides is 1. The van der Waals surface area contributed by atoms with Crippen molar-refractivity contribution in [3.8, 4) is 0 Å². The Morgan fingerprint density at radius 2 is 1.55 bits per heavy atom. The molecule has 1 aliphatic heterocycles. The molecule has 2 aromatic rings. The summed E-state index contributed by atoms with van der Waals surface area (Å²) in [5.74, 6) is -0.847. The largest absolute Gasteiger partial charge is 0.446 e. The number of benzene rings is 2. The molecule has 0 aromatic heterocycles. The molecule has 1 heterocycles. The van der Waals surface area contributed by atoms with Gasteiger partial charge in [-0.2, -0.15) is 5.01 Å². The molecule has 13 heteroatoms. The van der Waals surface area contributed by atoms with Crippen LogP contribution in [0.3, 0.4) is 0 Å². The third-order valence-electron chi connectivity index (χ3n) is 3.90. The molecular formula is C16H11N5O8. The predicted octanol–water partition coefficient (Wildman–Crippen LogP) is 2.65. The van der Waals surface area contributed by atoms with Crippen LogP contribution >= 0.6 is 0 Å². The van der Waals surface area contributed by atoms with Crippen molar-refractivity contribution in [2.75, 3.05) is 0 Å². The quantitative estimate of drug-likeness (QED) is 0.543. The van der Waals surface area contributed by atoms with E-state index in [0.29, 0.717) is 0 Å². The number of ether oxygens (including phenoxy) is 1. The van der Waals surface area contributed by atoms with Crippen molar-refractivity contribution in [3.63, 3.8) is 0 Å². The number of nitro benzene ring substituents is 3. The summed E-state index contributed by atoms with van der Waals surface area (Å²) in [6, 6.07) is 8.12. The van der Waals surface area contributed by atoms with Crippen LogP contribution in [-0.2, 0) is 9.53 Å². The zero-order valence-corrected chi connectivity index (χ0v) is 14.6. The summed E-state index contributed by atoms with van der Waals surface area (Å²) in [6.07, 6.45) is -1.18. The molecule has 3 rings (SSSR count). The summed E-state index contributed by atoms with van der Waals surface area (Å²) in [6.45, 7) is 1.18. The topological polar surface area (TPSA) is 171 Å². The van der Waals surface area contributed by atoms with Crippen molar-refractivity contribution in [3.05, 3.63) is 83.9 Å². The molecule has 1 amide bonds. The second-order valence-corrected chi connectivity index (χ2v) is 5.84. The molecule has 0 N–H and O–H groups in total. The minimum Gasteiger partial charge on any atom is -0.446 e. The zero-order chi connectivity index (χ0) is 21.3. The summed E-state index contributed by atoms with van der Waals surface area (Å²) >= 11 is 0. The van der Waals surface area contributed by atoms with E-state index in [0.717, 1.165) is 23.2 Å². The lowest BCUT2D eigenvalue weighted by Gasteiger charge is -2.19. The van der Waals surface area contributed by atoms with E-state index >= 15 is 0 Å². The van der Waals surface area contributed by atoms with Gasteiger partial charge in [0, 0.05) is 36.8 Å². The summed E-state index contributed by atoms with van der Waals surface area (Å²) in [7, 11) is 0. The average molecular weight is 401 g/mol. The van der Waals surface area contributed by atoms with Crippen molar-refractivity contribution >= 4 is 28.9 Å². The van der Waals surface area contributed by atoms with E-state index < -0.39 is 38.3 Å². The molecule has 0 radical (unpaired) electrons. The van der Waals surface area contributed by atoms with Gasteiger partial charge >= 0.3 is 0 Å². The molecule has 0 saturated carbocycles. The van der Waals surface area contributed by atoms with Crippen LogP contribution in [0, 0.1) is 30.3 Å². The predicted molar refractivity (Wildman–Crippen MR) is 95.7 cm³/mol. The van der Waals surface area contributed by atoms with Gasteiger partial charge in [0.1, 0.15) is 0 Å². The minimum atomic E-state index is -1.18. The molecule has 148 valence electrons. The standard InChI is InChI=1S/C16H11N5O8/c1-9(22)18-16(10-3-2-4-12(5-10)19(23)24)29-15(17-18)11-6-13(20(25)26)8-14(7-11)21(27)28/h2-8,16H,1H3. The van der Waals surface area contributed by atoms with Gasteiger partial charge in [0.15, 0.2) is 0 Å². The Balaban J connectivity index is 2.04. The first kappa shape index (κ1) is 19.3. The maximum Gasteiger partial charge on any atom is 0.277 e. The first-order valence-electron chi connectivity index (χ1n) is 7.91. The lowest BCUT2D eigenvalue weighted by molar-refractivity contribution is -0.394. The fraction of sp³-hybridized carbons (Fsp3) is 0.125. The fourth-order valence-corrected chi connectivity index (χ4v) is 2.62. The number of nitro groups is 3.